The first-order valence-corrected chi connectivity index (χ1v) is 9.25. The summed E-state index contributed by atoms with van der Waals surface area (Å²) in [6.07, 6.45) is 7.19. The number of amides is 1. The molecule has 1 fully saturated rings. The maximum Gasteiger partial charge on any atom is 0.269 e. The first-order valence-electron chi connectivity index (χ1n) is 9.25. The van der Waals surface area contributed by atoms with Gasteiger partial charge >= 0.3 is 0 Å². The molecular formula is C20H28N4O. The molecule has 2 aromatic rings. The van der Waals surface area contributed by atoms with Crippen molar-refractivity contribution in [1.29, 1.82) is 0 Å². The number of benzene rings is 1. The Morgan fingerprint density at radius 3 is 2.72 bits per heavy atom. The van der Waals surface area contributed by atoms with Crippen LogP contribution in [0.3, 0.4) is 0 Å². The molecule has 2 atom stereocenters. The Labute approximate surface area is 149 Å². The zero-order valence-corrected chi connectivity index (χ0v) is 14.9. The average Bonchev–Trinajstić information content (AvgIpc) is 3.04. The molecule has 1 amide bonds. The van der Waals surface area contributed by atoms with Crippen molar-refractivity contribution in [2.45, 2.75) is 57.7 Å². The summed E-state index contributed by atoms with van der Waals surface area (Å²) in [5, 5.41) is 7.44. The minimum absolute atomic E-state index is 0.0558. The fourth-order valence-electron chi connectivity index (χ4n) is 3.27. The molecule has 1 heterocycles. The highest BCUT2D eigenvalue weighted by atomic mass is 16.2. The van der Waals surface area contributed by atoms with Crippen molar-refractivity contribution in [3.8, 4) is 0 Å². The molecule has 2 unspecified atom stereocenters. The van der Waals surface area contributed by atoms with Gasteiger partial charge in [0.15, 0.2) is 0 Å². The maximum atomic E-state index is 12.7. The molecule has 1 saturated carbocycles. The number of hydrogen-bond donors (Lipinski definition) is 2. The Bertz CT molecular complexity index is 676. The lowest BCUT2D eigenvalue weighted by Crippen LogP contribution is -2.47. The van der Waals surface area contributed by atoms with Gasteiger partial charge in [0.05, 0.1) is 0 Å². The largest absolute Gasteiger partial charge is 0.346 e. The Kier molecular flexibility index (Phi) is 5.87. The molecule has 1 aliphatic rings. The van der Waals surface area contributed by atoms with E-state index in [0.717, 1.165) is 19.4 Å². The molecule has 0 saturated heterocycles. The zero-order chi connectivity index (χ0) is 17.6. The van der Waals surface area contributed by atoms with Crippen LogP contribution in [0, 0.1) is 5.92 Å². The second-order valence-corrected chi connectivity index (χ2v) is 7.16. The van der Waals surface area contributed by atoms with Crippen LogP contribution in [0.4, 0.5) is 0 Å². The van der Waals surface area contributed by atoms with E-state index in [1.807, 2.05) is 29.8 Å². The Morgan fingerprint density at radius 1 is 1.32 bits per heavy atom. The number of nitrogens with zero attached hydrogens (tertiary/aromatic N) is 2. The number of rotatable bonds is 8. The number of carbonyl (C=O) groups is 1. The van der Waals surface area contributed by atoms with Crippen LogP contribution in [0.2, 0.25) is 0 Å². The highest BCUT2D eigenvalue weighted by molar-refractivity contribution is 5.92. The minimum atomic E-state index is -0.101. The third-order valence-electron chi connectivity index (χ3n) is 5.14. The van der Waals surface area contributed by atoms with Gasteiger partial charge in [0.2, 0.25) is 0 Å². The second kappa shape index (κ2) is 8.30. The van der Waals surface area contributed by atoms with Gasteiger partial charge < -0.3 is 11.1 Å². The summed E-state index contributed by atoms with van der Waals surface area (Å²) in [6, 6.07) is 11.9. The van der Waals surface area contributed by atoms with Crippen LogP contribution in [-0.4, -0.2) is 27.8 Å². The lowest BCUT2D eigenvalue weighted by Gasteiger charge is -2.26. The molecule has 3 rings (SSSR count). The van der Waals surface area contributed by atoms with E-state index in [1.165, 1.54) is 24.8 Å². The quantitative estimate of drug-likeness (QED) is 0.776. The van der Waals surface area contributed by atoms with Crippen molar-refractivity contribution in [3.63, 3.8) is 0 Å². The minimum Gasteiger partial charge on any atom is -0.346 e. The first-order chi connectivity index (χ1) is 12.1. The van der Waals surface area contributed by atoms with Crippen molar-refractivity contribution in [2.75, 3.05) is 0 Å². The Balaban J connectivity index is 1.59. The molecule has 5 nitrogen and oxygen atoms in total. The van der Waals surface area contributed by atoms with Gasteiger partial charge in [-0.15, -0.1) is 0 Å². The predicted octanol–water partition coefficient (Wildman–Crippen LogP) is 2.76. The van der Waals surface area contributed by atoms with Crippen molar-refractivity contribution < 1.29 is 4.79 Å². The van der Waals surface area contributed by atoms with Gasteiger partial charge in [0, 0.05) is 24.8 Å². The molecule has 1 aromatic carbocycles. The molecule has 3 N–H and O–H groups in total. The average molecular weight is 340 g/mol. The summed E-state index contributed by atoms with van der Waals surface area (Å²) in [6.45, 7) is 2.78. The summed E-state index contributed by atoms with van der Waals surface area (Å²) in [5.74, 6) is 0.584. The molecular weight excluding hydrogens is 312 g/mol. The summed E-state index contributed by atoms with van der Waals surface area (Å²) < 4.78 is 1.84. The lowest BCUT2D eigenvalue weighted by molar-refractivity contribution is 0.0915. The topological polar surface area (TPSA) is 72.9 Å². The van der Waals surface area contributed by atoms with Gasteiger partial charge in [-0.25, -0.2) is 0 Å². The van der Waals surface area contributed by atoms with Crippen LogP contribution >= 0.6 is 0 Å². The smallest absolute Gasteiger partial charge is 0.269 e. The summed E-state index contributed by atoms with van der Waals surface area (Å²) in [4.78, 5) is 12.7. The van der Waals surface area contributed by atoms with E-state index in [0.29, 0.717) is 11.6 Å². The van der Waals surface area contributed by atoms with E-state index in [9.17, 15) is 4.79 Å². The number of aromatic nitrogens is 2. The van der Waals surface area contributed by atoms with Gasteiger partial charge in [-0.3, -0.25) is 9.48 Å². The van der Waals surface area contributed by atoms with E-state index >= 15 is 0 Å². The van der Waals surface area contributed by atoms with Crippen molar-refractivity contribution in [3.05, 3.63) is 53.9 Å². The van der Waals surface area contributed by atoms with Crippen molar-refractivity contribution >= 4 is 5.91 Å². The zero-order valence-electron chi connectivity index (χ0n) is 14.9. The number of nitrogens with one attached hydrogen (secondary N) is 1. The van der Waals surface area contributed by atoms with Crippen LogP contribution in [0.25, 0.3) is 0 Å². The van der Waals surface area contributed by atoms with Gasteiger partial charge in [-0.1, -0.05) is 36.8 Å². The van der Waals surface area contributed by atoms with E-state index in [-0.39, 0.29) is 18.0 Å². The molecule has 1 aliphatic carbocycles. The van der Waals surface area contributed by atoms with E-state index < -0.39 is 0 Å². The molecule has 0 spiro atoms. The van der Waals surface area contributed by atoms with Gasteiger partial charge in [-0.05, 0) is 50.2 Å². The molecule has 0 bridgehead atoms. The highest BCUT2D eigenvalue weighted by Crippen LogP contribution is 2.28. The van der Waals surface area contributed by atoms with Crippen molar-refractivity contribution in [1.82, 2.24) is 15.1 Å². The Morgan fingerprint density at radius 2 is 2.08 bits per heavy atom. The summed E-state index contributed by atoms with van der Waals surface area (Å²) >= 11 is 0. The normalized spacial score (nSPS) is 16.9. The van der Waals surface area contributed by atoms with Gasteiger partial charge in [-0.2, -0.15) is 5.10 Å². The second-order valence-electron chi connectivity index (χ2n) is 7.16. The fourth-order valence-corrected chi connectivity index (χ4v) is 3.27. The van der Waals surface area contributed by atoms with Crippen LogP contribution in [0.15, 0.2) is 42.6 Å². The third-order valence-corrected chi connectivity index (χ3v) is 5.14. The van der Waals surface area contributed by atoms with Crippen molar-refractivity contribution in [2.24, 2.45) is 11.7 Å². The van der Waals surface area contributed by atoms with Gasteiger partial charge in [0.25, 0.3) is 5.91 Å². The lowest BCUT2D eigenvalue weighted by atomic mass is 9.85. The number of aryl methyl sites for hydroxylation is 1. The first kappa shape index (κ1) is 17.7. The molecule has 0 aliphatic heterocycles. The SMILES string of the molecule is CC(N)C(CCc1ccccc1)NC(=O)c1ccnn1CC1CCC1. The summed E-state index contributed by atoms with van der Waals surface area (Å²) in [5.41, 5.74) is 8.01. The van der Waals surface area contributed by atoms with Crippen LogP contribution in [0.5, 0.6) is 0 Å². The van der Waals surface area contributed by atoms with Crippen LogP contribution in [-0.2, 0) is 13.0 Å². The standard InChI is InChI=1S/C20H28N4O/c1-15(21)18(11-10-16-6-3-2-4-7-16)23-20(25)19-12-13-22-24(19)14-17-8-5-9-17/h2-4,6-7,12-13,15,17-18H,5,8-11,14,21H2,1H3,(H,23,25). The van der Waals surface area contributed by atoms with Crippen LogP contribution in [0.1, 0.15) is 48.7 Å². The maximum absolute atomic E-state index is 12.7. The molecule has 134 valence electrons. The molecule has 1 aromatic heterocycles. The fraction of sp³-hybridized carbons (Fsp3) is 0.500. The number of nitrogens with two attached hydrogens (primary N) is 1. The highest BCUT2D eigenvalue weighted by Gasteiger charge is 2.23. The molecule has 25 heavy (non-hydrogen) atoms. The molecule has 5 heteroatoms. The van der Waals surface area contributed by atoms with Gasteiger partial charge in [0.1, 0.15) is 5.69 Å². The number of hydrogen-bond acceptors (Lipinski definition) is 3. The number of carbonyl (C=O) groups excluding carboxylic acids is 1. The molecule has 0 radical (unpaired) electrons. The third kappa shape index (κ3) is 4.69. The van der Waals surface area contributed by atoms with Crippen LogP contribution < -0.4 is 11.1 Å². The predicted molar refractivity (Wildman–Crippen MR) is 99.2 cm³/mol. The monoisotopic (exact) mass is 340 g/mol. The Hall–Kier alpha value is -2.14. The van der Waals surface area contributed by atoms with E-state index in [1.54, 1.807) is 12.3 Å². The van der Waals surface area contributed by atoms with E-state index in [2.05, 4.69) is 22.5 Å². The summed E-state index contributed by atoms with van der Waals surface area (Å²) in [7, 11) is 0. The van der Waals surface area contributed by atoms with E-state index in [4.69, 9.17) is 5.73 Å².